The second-order valence-electron chi connectivity index (χ2n) is 4.83. The number of rotatable bonds is 5. The van der Waals surface area contributed by atoms with E-state index >= 15 is 0 Å². The lowest BCUT2D eigenvalue weighted by Crippen LogP contribution is -2.21. The van der Waals surface area contributed by atoms with Gasteiger partial charge in [-0.1, -0.05) is 12.1 Å². The molecule has 0 aliphatic rings. The maximum absolute atomic E-state index is 12.3. The van der Waals surface area contributed by atoms with E-state index in [2.05, 4.69) is 15.3 Å². The molecule has 0 bridgehead atoms. The van der Waals surface area contributed by atoms with E-state index in [0.717, 1.165) is 4.40 Å². The van der Waals surface area contributed by atoms with Gasteiger partial charge in [-0.2, -0.15) is 0 Å². The van der Waals surface area contributed by atoms with Crippen molar-refractivity contribution in [2.24, 2.45) is 0 Å². The van der Waals surface area contributed by atoms with Crippen molar-refractivity contribution in [2.45, 2.75) is 6.54 Å². The number of nitro groups is 1. The van der Waals surface area contributed by atoms with Gasteiger partial charge < -0.3 is 10.1 Å². The standard InChI is InChI=1S/C15H13N5O4/c1-24-14-10(5-4-7-16-14)9-17-13-12(20(22)23)15(21)19-8-3-2-6-11(19)18-13/h2-8,17H,9H2,1H3. The summed E-state index contributed by atoms with van der Waals surface area (Å²) in [4.78, 5) is 31.1. The Labute approximate surface area is 135 Å². The van der Waals surface area contributed by atoms with Gasteiger partial charge in [0.1, 0.15) is 5.65 Å². The molecule has 1 N–H and O–H groups in total. The highest BCUT2D eigenvalue weighted by molar-refractivity contribution is 5.60. The van der Waals surface area contributed by atoms with Crippen LogP contribution in [0.5, 0.6) is 5.88 Å². The van der Waals surface area contributed by atoms with Crippen molar-refractivity contribution in [3.05, 3.63) is 68.8 Å². The molecular formula is C15H13N5O4. The molecule has 0 saturated heterocycles. The van der Waals surface area contributed by atoms with E-state index in [9.17, 15) is 14.9 Å². The zero-order valence-corrected chi connectivity index (χ0v) is 12.7. The van der Waals surface area contributed by atoms with Crippen molar-refractivity contribution in [3.8, 4) is 5.88 Å². The quantitative estimate of drug-likeness (QED) is 0.559. The van der Waals surface area contributed by atoms with Gasteiger partial charge in [-0.25, -0.2) is 9.97 Å². The number of methoxy groups -OCH3 is 1. The third kappa shape index (κ3) is 2.74. The highest BCUT2D eigenvalue weighted by Crippen LogP contribution is 2.21. The van der Waals surface area contributed by atoms with Gasteiger partial charge in [0.2, 0.25) is 11.7 Å². The highest BCUT2D eigenvalue weighted by Gasteiger charge is 2.23. The Morgan fingerprint density at radius 2 is 2.17 bits per heavy atom. The number of fused-ring (bicyclic) bond motifs is 1. The number of pyridine rings is 2. The SMILES string of the molecule is COc1ncccc1CNc1nc2ccccn2c(=O)c1[N+](=O)[O-]. The number of nitrogens with zero attached hydrogens (tertiary/aromatic N) is 4. The largest absolute Gasteiger partial charge is 0.481 e. The number of anilines is 1. The molecule has 3 aromatic heterocycles. The summed E-state index contributed by atoms with van der Waals surface area (Å²) < 4.78 is 6.27. The van der Waals surface area contributed by atoms with E-state index in [1.807, 2.05) is 0 Å². The van der Waals surface area contributed by atoms with Crippen LogP contribution in [-0.4, -0.2) is 26.4 Å². The third-order valence-corrected chi connectivity index (χ3v) is 3.38. The summed E-state index contributed by atoms with van der Waals surface area (Å²) in [5.74, 6) is 0.298. The Morgan fingerprint density at radius 3 is 2.92 bits per heavy atom. The molecule has 3 heterocycles. The van der Waals surface area contributed by atoms with Crippen LogP contribution in [0.2, 0.25) is 0 Å². The molecule has 0 atom stereocenters. The second-order valence-corrected chi connectivity index (χ2v) is 4.83. The van der Waals surface area contributed by atoms with E-state index in [1.165, 1.54) is 13.3 Å². The van der Waals surface area contributed by atoms with E-state index in [4.69, 9.17) is 4.74 Å². The molecule has 0 saturated carbocycles. The lowest BCUT2D eigenvalue weighted by Gasteiger charge is -2.10. The summed E-state index contributed by atoms with van der Waals surface area (Å²) in [5, 5.41) is 14.1. The van der Waals surface area contributed by atoms with Gasteiger partial charge in [0.15, 0.2) is 0 Å². The Bertz CT molecular complexity index is 969. The summed E-state index contributed by atoms with van der Waals surface area (Å²) in [5.41, 5.74) is -0.356. The fourth-order valence-electron chi connectivity index (χ4n) is 2.29. The van der Waals surface area contributed by atoms with Crippen LogP contribution in [0.25, 0.3) is 5.65 Å². The molecule has 24 heavy (non-hydrogen) atoms. The zero-order chi connectivity index (χ0) is 17.1. The monoisotopic (exact) mass is 327 g/mol. The van der Waals surface area contributed by atoms with E-state index < -0.39 is 16.2 Å². The van der Waals surface area contributed by atoms with Crippen molar-refractivity contribution < 1.29 is 9.66 Å². The molecule has 0 radical (unpaired) electrons. The lowest BCUT2D eigenvalue weighted by atomic mass is 10.2. The maximum atomic E-state index is 12.3. The summed E-state index contributed by atoms with van der Waals surface area (Å²) >= 11 is 0. The first kappa shape index (κ1) is 15.4. The number of hydrogen-bond acceptors (Lipinski definition) is 7. The normalized spacial score (nSPS) is 10.5. The first-order valence-corrected chi connectivity index (χ1v) is 6.99. The minimum atomic E-state index is -0.744. The molecule has 0 fully saturated rings. The minimum Gasteiger partial charge on any atom is -0.481 e. The van der Waals surface area contributed by atoms with Crippen LogP contribution in [-0.2, 0) is 6.54 Å². The van der Waals surface area contributed by atoms with Crippen LogP contribution in [0.4, 0.5) is 11.5 Å². The van der Waals surface area contributed by atoms with Crippen molar-refractivity contribution >= 4 is 17.2 Å². The molecule has 9 nitrogen and oxygen atoms in total. The van der Waals surface area contributed by atoms with Crippen LogP contribution in [0, 0.1) is 10.1 Å². The van der Waals surface area contributed by atoms with Gasteiger partial charge in [-0.3, -0.25) is 19.3 Å². The molecule has 0 amide bonds. The van der Waals surface area contributed by atoms with Gasteiger partial charge >= 0.3 is 11.2 Å². The average Bonchev–Trinajstić information content (AvgIpc) is 2.60. The first-order chi connectivity index (χ1) is 11.6. The van der Waals surface area contributed by atoms with Gasteiger partial charge in [0.05, 0.1) is 12.0 Å². The van der Waals surface area contributed by atoms with Crippen LogP contribution in [0.3, 0.4) is 0 Å². The van der Waals surface area contributed by atoms with Crippen LogP contribution < -0.4 is 15.6 Å². The van der Waals surface area contributed by atoms with Gasteiger partial charge in [-0.05, 0) is 18.2 Å². The fraction of sp³-hybridized carbons (Fsp3) is 0.133. The molecule has 3 aromatic rings. The fourth-order valence-corrected chi connectivity index (χ4v) is 2.29. The van der Waals surface area contributed by atoms with Crippen molar-refractivity contribution in [2.75, 3.05) is 12.4 Å². The van der Waals surface area contributed by atoms with Gasteiger partial charge in [0, 0.05) is 24.5 Å². The number of hydrogen-bond donors (Lipinski definition) is 1. The van der Waals surface area contributed by atoms with Gasteiger partial charge in [0.25, 0.3) is 0 Å². The molecule has 0 aliphatic carbocycles. The summed E-state index contributed by atoms with van der Waals surface area (Å²) in [6.07, 6.45) is 3.01. The Morgan fingerprint density at radius 1 is 1.33 bits per heavy atom. The number of aromatic nitrogens is 3. The van der Waals surface area contributed by atoms with Crippen molar-refractivity contribution in [3.63, 3.8) is 0 Å². The average molecular weight is 327 g/mol. The summed E-state index contributed by atoms with van der Waals surface area (Å²) in [6, 6.07) is 8.38. The lowest BCUT2D eigenvalue weighted by molar-refractivity contribution is -0.385. The van der Waals surface area contributed by atoms with Gasteiger partial charge in [-0.15, -0.1) is 0 Å². The number of nitrogens with one attached hydrogen (secondary N) is 1. The molecule has 9 heteroatoms. The minimum absolute atomic E-state index is 0.0953. The topological polar surface area (TPSA) is 112 Å². The summed E-state index contributed by atoms with van der Waals surface area (Å²) in [6.45, 7) is 0.174. The zero-order valence-electron chi connectivity index (χ0n) is 12.7. The molecule has 122 valence electrons. The molecule has 0 unspecified atom stereocenters. The van der Waals surface area contributed by atoms with E-state index in [1.54, 1.807) is 36.5 Å². The molecule has 3 rings (SSSR count). The number of ether oxygens (including phenoxy) is 1. The molecule has 0 aromatic carbocycles. The smallest absolute Gasteiger partial charge is 0.376 e. The van der Waals surface area contributed by atoms with E-state index in [0.29, 0.717) is 17.1 Å². The van der Waals surface area contributed by atoms with Crippen molar-refractivity contribution in [1.29, 1.82) is 0 Å². The Balaban J connectivity index is 2.04. The van der Waals surface area contributed by atoms with Crippen LogP contribution >= 0.6 is 0 Å². The third-order valence-electron chi connectivity index (χ3n) is 3.38. The second kappa shape index (κ2) is 6.32. The molecule has 0 aliphatic heterocycles. The highest BCUT2D eigenvalue weighted by atomic mass is 16.6. The first-order valence-electron chi connectivity index (χ1n) is 6.99. The van der Waals surface area contributed by atoms with Crippen molar-refractivity contribution in [1.82, 2.24) is 14.4 Å². The Kier molecular flexibility index (Phi) is 4.06. The maximum Gasteiger partial charge on any atom is 0.376 e. The predicted octanol–water partition coefficient (Wildman–Crippen LogP) is 1.62. The van der Waals surface area contributed by atoms with Crippen LogP contribution in [0.15, 0.2) is 47.5 Å². The van der Waals surface area contributed by atoms with Crippen LogP contribution in [0.1, 0.15) is 5.56 Å². The van der Waals surface area contributed by atoms with E-state index in [-0.39, 0.29) is 12.4 Å². The Hall–Kier alpha value is -3.49. The molecular weight excluding hydrogens is 314 g/mol. The predicted molar refractivity (Wildman–Crippen MR) is 86.2 cm³/mol. The summed E-state index contributed by atoms with van der Waals surface area (Å²) in [7, 11) is 1.48. The molecule has 0 spiro atoms.